The Bertz CT molecular complexity index is 1010. The second-order valence-corrected chi connectivity index (χ2v) is 6.42. The van der Waals surface area contributed by atoms with Crippen molar-refractivity contribution in [1.82, 2.24) is 15.0 Å². The Morgan fingerprint density at radius 1 is 1.04 bits per heavy atom. The van der Waals surface area contributed by atoms with Crippen LogP contribution in [0.5, 0.6) is 5.75 Å². The molecule has 7 heteroatoms. The summed E-state index contributed by atoms with van der Waals surface area (Å²) in [6.07, 6.45) is 3.20. The van der Waals surface area contributed by atoms with Crippen LogP contribution in [0.2, 0.25) is 0 Å². The molecule has 1 aliphatic heterocycles. The lowest BCUT2D eigenvalue weighted by Gasteiger charge is -2.13. The summed E-state index contributed by atoms with van der Waals surface area (Å²) in [5, 5.41) is 9.14. The Balaban J connectivity index is 1.81. The van der Waals surface area contributed by atoms with Gasteiger partial charge in [0.25, 0.3) is 0 Å². The molecule has 0 bridgehead atoms. The smallest absolute Gasteiger partial charge is 0.332 e. The molecular formula is C16H11N3O3S. The first kappa shape index (κ1) is 13.7. The highest BCUT2D eigenvalue weighted by atomic mass is 32.2. The average Bonchev–Trinajstić information content (AvgIpc) is 3.04. The highest BCUT2D eigenvalue weighted by Gasteiger charge is 2.18. The highest BCUT2D eigenvalue weighted by molar-refractivity contribution is 7.90. The fourth-order valence-electron chi connectivity index (χ4n) is 2.41. The molecule has 1 aliphatic rings. The van der Waals surface area contributed by atoms with Gasteiger partial charge in [-0.3, -0.25) is 0 Å². The van der Waals surface area contributed by atoms with Crippen LogP contribution < -0.4 is 4.18 Å². The van der Waals surface area contributed by atoms with Gasteiger partial charge in [-0.1, -0.05) is 35.5 Å². The topological polar surface area (TPSA) is 74.1 Å². The van der Waals surface area contributed by atoms with Gasteiger partial charge >= 0.3 is 10.1 Å². The van der Waals surface area contributed by atoms with E-state index in [1.165, 1.54) is 6.08 Å². The number of aromatic nitrogens is 3. The van der Waals surface area contributed by atoms with Crippen LogP contribution in [0.15, 0.2) is 60.1 Å². The van der Waals surface area contributed by atoms with Crippen molar-refractivity contribution in [1.29, 1.82) is 0 Å². The summed E-state index contributed by atoms with van der Waals surface area (Å²) in [6, 6.07) is 15.0. The lowest BCUT2D eigenvalue weighted by molar-refractivity contribution is 0.494. The molecule has 2 heterocycles. The van der Waals surface area contributed by atoms with Crippen LogP contribution in [-0.2, 0) is 10.1 Å². The predicted molar refractivity (Wildman–Crippen MR) is 85.4 cm³/mol. The summed E-state index contributed by atoms with van der Waals surface area (Å²) in [6.45, 7) is 0. The van der Waals surface area contributed by atoms with E-state index in [4.69, 9.17) is 4.18 Å². The minimum Gasteiger partial charge on any atom is -0.379 e. The van der Waals surface area contributed by atoms with Crippen molar-refractivity contribution in [2.45, 2.75) is 0 Å². The van der Waals surface area contributed by atoms with Gasteiger partial charge in [-0.05, 0) is 24.3 Å². The Hall–Kier alpha value is -2.93. The zero-order valence-electron chi connectivity index (χ0n) is 11.8. The average molecular weight is 325 g/mol. The van der Waals surface area contributed by atoms with Crippen molar-refractivity contribution in [3.8, 4) is 22.7 Å². The molecule has 0 saturated heterocycles. The van der Waals surface area contributed by atoms with E-state index in [0.29, 0.717) is 11.3 Å². The van der Waals surface area contributed by atoms with E-state index in [0.717, 1.165) is 22.4 Å². The molecule has 4 rings (SSSR count). The largest absolute Gasteiger partial charge is 0.379 e. The Labute approximate surface area is 132 Å². The van der Waals surface area contributed by atoms with Gasteiger partial charge < -0.3 is 4.18 Å². The molecule has 0 atom stereocenters. The number of hydrogen-bond donors (Lipinski definition) is 0. The summed E-state index contributed by atoms with van der Waals surface area (Å²) in [5.74, 6) is 0.303. The van der Waals surface area contributed by atoms with Crippen molar-refractivity contribution >= 4 is 16.2 Å². The maximum Gasteiger partial charge on any atom is 0.332 e. The van der Waals surface area contributed by atoms with Crippen molar-refractivity contribution in [2.24, 2.45) is 0 Å². The number of rotatable bonds is 2. The second kappa shape index (κ2) is 5.06. The van der Waals surface area contributed by atoms with Gasteiger partial charge in [-0.15, -0.1) is 5.10 Å². The van der Waals surface area contributed by atoms with E-state index in [2.05, 4.69) is 10.3 Å². The van der Waals surface area contributed by atoms with Crippen LogP contribution >= 0.6 is 0 Å². The third-order valence-corrected chi connectivity index (χ3v) is 4.36. The molecule has 0 aliphatic carbocycles. The van der Waals surface area contributed by atoms with Gasteiger partial charge in [0.05, 0.1) is 23.0 Å². The fourth-order valence-corrected chi connectivity index (χ4v) is 3.19. The zero-order valence-corrected chi connectivity index (χ0v) is 12.6. The third-order valence-electron chi connectivity index (χ3n) is 3.48. The Kier molecular flexibility index (Phi) is 3.02. The highest BCUT2D eigenvalue weighted by Crippen LogP contribution is 2.30. The standard InChI is InChI=1S/C16H11N3O3S/c20-23(21)9-8-13-10-14(6-7-16(13)22-23)19-15(11-17-18-19)12-4-2-1-3-5-12/h1-11H. The molecule has 6 nitrogen and oxygen atoms in total. The maximum absolute atomic E-state index is 11.4. The van der Waals surface area contributed by atoms with Gasteiger partial charge in [-0.25, -0.2) is 4.68 Å². The Morgan fingerprint density at radius 2 is 1.87 bits per heavy atom. The van der Waals surface area contributed by atoms with E-state index in [1.807, 2.05) is 36.4 Å². The van der Waals surface area contributed by atoms with Crippen LogP contribution in [0.4, 0.5) is 0 Å². The molecule has 2 aromatic carbocycles. The van der Waals surface area contributed by atoms with E-state index in [1.54, 1.807) is 23.0 Å². The molecule has 0 radical (unpaired) electrons. The molecule has 0 spiro atoms. The lowest BCUT2D eigenvalue weighted by atomic mass is 10.1. The van der Waals surface area contributed by atoms with E-state index >= 15 is 0 Å². The summed E-state index contributed by atoms with van der Waals surface area (Å²) >= 11 is 0. The summed E-state index contributed by atoms with van der Waals surface area (Å²) in [5.41, 5.74) is 3.28. The first-order chi connectivity index (χ1) is 11.1. The molecule has 114 valence electrons. The molecular weight excluding hydrogens is 314 g/mol. The van der Waals surface area contributed by atoms with Crippen molar-refractivity contribution in [3.05, 3.63) is 65.7 Å². The van der Waals surface area contributed by atoms with Crippen LogP contribution in [0.1, 0.15) is 5.56 Å². The van der Waals surface area contributed by atoms with Crippen LogP contribution in [-0.4, -0.2) is 23.4 Å². The third kappa shape index (κ3) is 2.51. The molecule has 0 saturated carbocycles. The minimum absolute atomic E-state index is 0.303. The SMILES string of the molecule is O=S1(=O)C=Cc2cc(-n3nncc3-c3ccccc3)ccc2O1. The van der Waals surface area contributed by atoms with Crippen LogP contribution in [0.3, 0.4) is 0 Å². The lowest BCUT2D eigenvalue weighted by Crippen LogP contribution is -2.10. The number of hydrogen-bond acceptors (Lipinski definition) is 5. The first-order valence-electron chi connectivity index (χ1n) is 6.85. The Morgan fingerprint density at radius 3 is 2.70 bits per heavy atom. The molecule has 3 aromatic rings. The van der Waals surface area contributed by atoms with Gasteiger partial charge in [0, 0.05) is 11.1 Å². The maximum atomic E-state index is 11.4. The first-order valence-corrected chi connectivity index (χ1v) is 8.33. The quantitative estimate of drug-likeness (QED) is 0.677. The predicted octanol–water partition coefficient (Wildman–Crippen LogP) is 2.63. The van der Waals surface area contributed by atoms with Crippen LogP contribution in [0.25, 0.3) is 23.0 Å². The monoisotopic (exact) mass is 325 g/mol. The molecule has 0 amide bonds. The van der Waals surface area contributed by atoms with E-state index in [9.17, 15) is 8.42 Å². The van der Waals surface area contributed by atoms with E-state index in [-0.39, 0.29) is 0 Å². The van der Waals surface area contributed by atoms with Gasteiger partial charge in [0.1, 0.15) is 5.75 Å². The van der Waals surface area contributed by atoms with Crippen molar-refractivity contribution in [3.63, 3.8) is 0 Å². The minimum atomic E-state index is -3.63. The van der Waals surface area contributed by atoms with Crippen molar-refractivity contribution < 1.29 is 12.6 Å². The number of fused-ring (bicyclic) bond motifs is 1. The van der Waals surface area contributed by atoms with Crippen LogP contribution in [0, 0.1) is 0 Å². The zero-order chi connectivity index (χ0) is 15.9. The summed E-state index contributed by atoms with van der Waals surface area (Å²) in [7, 11) is -3.63. The van der Waals surface area contributed by atoms with Gasteiger partial charge in [0.15, 0.2) is 0 Å². The number of benzene rings is 2. The van der Waals surface area contributed by atoms with Gasteiger partial charge in [0.2, 0.25) is 0 Å². The summed E-state index contributed by atoms with van der Waals surface area (Å²) < 4.78 is 29.5. The molecule has 0 fully saturated rings. The summed E-state index contributed by atoms with van der Waals surface area (Å²) in [4.78, 5) is 0. The molecule has 0 unspecified atom stereocenters. The van der Waals surface area contributed by atoms with E-state index < -0.39 is 10.1 Å². The molecule has 0 N–H and O–H groups in total. The number of nitrogens with zero attached hydrogens (tertiary/aromatic N) is 3. The normalized spacial score (nSPS) is 15.0. The molecule has 23 heavy (non-hydrogen) atoms. The molecule has 1 aromatic heterocycles. The van der Waals surface area contributed by atoms with Gasteiger partial charge in [-0.2, -0.15) is 8.42 Å². The second-order valence-electron chi connectivity index (χ2n) is 5.00. The van der Waals surface area contributed by atoms with Crippen molar-refractivity contribution in [2.75, 3.05) is 0 Å². The fraction of sp³-hybridized carbons (Fsp3) is 0.